The second kappa shape index (κ2) is 3.34. The maximum atomic E-state index is 4.47. The summed E-state index contributed by atoms with van der Waals surface area (Å²) >= 11 is 0. The average Bonchev–Trinajstić information content (AvgIpc) is 3.01. The number of aromatic nitrogens is 2. The van der Waals surface area contributed by atoms with Crippen molar-refractivity contribution in [1.82, 2.24) is 9.97 Å². The fraction of sp³-hybridized carbons (Fsp3) is 0.667. The van der Waals surface area contributed by atoms with Gasteiger partial charge in [0.2, 0.25) is 0 Å². The summed E-state index contributed by atoms with van der Waals surface area (Å²) in [5.41, 5.74) is 1.43. The van der Waals surface area contributed by atoms with Crippen LogP contribution in [0.5, 0.6) is 0 Å². The van der Waals surface area contributed by atoms with Gasteiger partial charge in [-0.1, -0.05) is 20.8 Å². The maximum Gasteiger partial charge on any atom is 0.133 e. The Balaban J connectivity index is 2.20. The van der Waals surface area contributed by atoms with Gasteiger partial charge in [-0.25, -0.2) is 9.97 Å². The third-order valence-electron chi connectivity index (χ3n) is 3.21. The predicted octanol–water partition coefficient (Wildman–Crippen LogP) is 3.04. The Morgan fingerprint density at radius 3 is 2.29 bits per heavy atom. The molecule has 2 rings (SSSR count). The quantitative estimate of drug-likeness (QED) is 0.732. The second-order valence-corrected chi connectivity index (χ2v) is 4.85. The Bertz CT molecular complexity index is 310. The molecule has 0 bridgehead atoms. The Morgan fingerprint density at radius 2 is 1.86 bits per heavy atom. The summed E-state index contributed by atoms with van der Waals surface area (Å²) in [6, 6.07) is 0. The van der Waals surface area contributed by atoms with Crippen molar-refractivity contribution in [3.05, 3.63) is 23.8 Å². The van der Waals surface area contributed by atoms with E-state index >= 15 is 0 Å². The molecule has 1 aliphatic rings. The molecule has 0 aliphatic heterocycles. The van der Waals surface area contributed by atoms with Crippen LogP contribution in [0.3, 0.4) is 0 Å². The molecule has 1 aliphatic carbocycles. The molecule has 1 aromatic heterocycles. The van der Waals surface area contributed by atoms with Gasteiger partial charge in [-0.05, 0) is 30.7 Å². The molecule has 1 fully saturated rings. The van der Waals surface area contributed by atoms with Crippen LogP contribution in [0.25, 0.3) is 0 Å². The van der Waals surface area contributed by atoms with Crippen LogP contribution in [0.15, 0.2) is 12.4 Å². The largest absolute Gasteiger partial charge is 0.241 e. The molecule has 0 aromatic carbocycles. The van der Waals surface area contributed by atoms with Crippen molar-refractivity contribution in [2.24, 2.45) is 0 Å². The van der Waals surface area contributed by atoms with Crippen LogP contribution in [0.2, 0.25) is 0 Å². The lowest BCUT2D eigenvalue weighted by Gasteiger charge is -2.20. The van der Waals surface area contributed by atoms with Gasteiger partial charge >= 0.3 is 0 Å². The Labute approximate surface area is 85.8 Å². The van der Waals surface area contributed by atoms with E-state index in [1.54, 1.807) is 0 Å². The number of hydrogen-bond acceptors (Lipinski definition) is 2. The number of rotatable bonds is 3. The first-order chi connectivity index (χ1) is 6.63. The monoisotopic (exact) mass is 190 g/mol. The SMILES string of the molecule is CCC(C)(C)c1ncc(C2CC2)cn1. The van der Waals surface area contributed by atoms with E-state index < -0.39 is 0 Å². The summed E-state index contributed by atoms with van der Waals surface area (Å²) in [4.78, 5) is 8.94. The third-order valence-corrected chi connectivity index (χ3v) is 3.21. The highest BCUT2D eigenvalue weighted by molar-refractivity contribution is 5.18. The van der Waals surface area contributed by atoms with Gasteiger partial charge < -0.3 is 0 Å². The molecular formula is C12H18N2. The van der Waals surface area contributed by atoms with E-state index in [0.717, 1.165) is 18.2 Å². The molecule has 76 valence electrons. The zero-order chi connectivity index (χ0) is 10.2. The first-order valence-electron chi connectivity index (χ1n) is 5.46. The van der Waals surface area contributed by atoms with Gasteiger partial charge in [0.05, 0.1) is 0 Å². The molecule has 2 nitrogen and oxygen atoms in total. The average molecular weight is 190 g/mol. The number of hydrogen-bond donors (Lipinski definition) is 0. The molecule has 1 aromatic rings. The van der Waals surface area contributed by atoms with Gasteiger partial charge in [-0.15, -0.1) is 0 Å². The molecule has 0 unspecified atom stereocenters. The van der Waals surface area contributed by atoms with E-state index in [4.69, 9.17) is 0 Å². The molecule has 0 saturated heterocycles. The molecule has 2 heteroatoms. The summed E-state index contributed by atoms with van der Waals surface area (Å²) in [6.07, 6.45) is 7.74. The topological polar surface area (TPSA) is 25.8 Å². The van der Waals surface area contributed by atoms with Gasteiger partial charge in [0, 0.05) is 17.8 Å². The summed E-state index contributed by atoms with van der Waals surface area (Å²) in [7, 11) is 0. The van der Waals surface area contributed by atoms with Gasteiger partial charge in [-0.3, -0.25) is 0 Å². The summed E-state index contributed by atoms with van der Waals surface area (Å²) in [5.74, 6) is 1.73. The van der Waals surface area contributed by atoms with Gasteiger partial charge in [0.25, 0.3) is 0 Å². The minimum absolute atomic E-state index is 0.113. The van der Waals surface area contributed by atoms with Crippen LogP contribution in [0.4, 0.5) is 0 Å². The maximum absolute atomic E-state index is 4.47. The van der Waals surface area contributed by atoms with Gasteiger partial charge in [0.1, 0.15) is 5.82 Å². The molecule has 14 heavy (non-hydrogen) atoms. The van der Waals surface area contributed by atoms with E-state index in [2.05, 4.69) is 30.7 Å². The Kier molecular flexibility index (Phi) is 2.30. The van der Waals surface area contributed by atoms with Crippen LogP contribution in [0.1, 0.15) is 57.3 Å². The van der Waals surface area contributed by atoms with Crippen LogP contribution in [0, 0.1) is 0 Å². The second-order valence-electron chi connectivity index (χ2n) is 4.85. The van der Waals surface area contributed by atoms with Crippen molar-refractivity contribution in [1.29, 1.82) is 0 Å². The zero-order valence-corrected chi connectivity index (χ0v) is 9.25. The fourth-order valence-corrected chi connectivity index (χ4v) is 1.47. The molecule has 0 atom stereocenters. The lowest BCUT2D eigenvalue weighted by Crippen LogP contribution is -2.19. The first kappa shape index (κ1) is 9.63. The summed E-state index contributed by atoms with van der Waals surface area (Å²) in [6.45, 7) is 6.57. The molecular weight excluding hydrogens is 172 g/mol. The molecule has 1 saturated carbocycles. The van der Waals surface area contributed by atoms with E-state index in [9.17, 15) is 0 Å². The van der Waals surface area contributed by atoms with Crippen molar-refractivity contribution in [3.63, 3.8) is 0 Å². The van der Waals surface area contributed by atoms with Gasteiger partial charge in [0.15, 0.2) is 0 Å². The molecule has 0 spiro atoms. The lowest BCUT2D eigenvalue weighted by atomic mass is 9.89. The van der Waals surface area contributed by atoms with Crippen molar-refractivity contribution < 1.29 is 0 Å². The zero-order valence-electron chi connectivity index (χ0n) is 9.25. The molecule has 0 radical (unpaired) electrons. The summed E-state index contributed by atoms with van der Waals surface area (Å²) in [5, 5.41) is 0. The van der Waals surface area contributed by atoms with E-state index in [1.807, 2.05) is 12.4 Å². The van der Waals surface area contributed by atoms with E-state index in [0.29, 0.717) is 0 Å². The lowest BCUT2D eigenvalue weighted by molar-refractivity contribution is 0.472. The van der Waals surface area contributed by atoms with E-state index in [-0.39, 0.29) is 5.41 Å². The van der Waals surface area contributed by atoms with Crippen molar-refractivity contribution >= 4 is 0 Å². The van der Waals surface area contributed by atoms with Crippen molar-refractivity contribution in [2.45, 2.75) is 51.4 Å². The highest BCUT2D eigenvalue weighted by atomic mass is 14.9. The van der Waals surface area contributed by atoms with Crippen molar-refractivity contribution in [3.8, 4) is 0 Å². The Morgan fingerprint density at radius 1 is 1.29 bits per heavy atom. The molecule has 0 N–H and O–H groups in total. The van der Waals surface area contributed by atoms with Crippen LogP contribution >= 0.6 is 0 Å². The molecule has 0 amide bonds. The Hall–Kier alpha value is -0.920. The predicted molar refractivity (Wildman–Crippen MR) is 57.3 cm³/mol. The fourth-order valence-electron chi connectivity index (χ4n) is 1.47. The highest BCUT2D eigenvalue weighted by Gasteiger charge is 2.26. The van der Waals surface area contributed by atoms with Crippen LogP contribution < -0.4 is 0 Å². The van der Waals surface area contributed by atoms with Crippen LogP contribution in [-0.4, -0.2) is 9.97 Å². The first-order valence-corrected chi connectivity index (χ1v) is 5.46. The third kappa shape index (κ3) is 1.79. The minimum Gasteiger partial charge on any atom is -0.241 e. The van der Waals surface area contributed by atoms with E-state index in [1.165, 1.54) is 18.4 Å². The van der Waals surface area contributed by atoms with Gasteiger partial charge in [-0.2, -0.15) is 0 Å². The highest BCUT2D eigenvalue weighted by Crippen LogP contribution is 2.39. The van der Waals surface area contributed by atoms with Crippen LogP contribution in [-0.2, 0) is 5.41 Å². The minimum atomic E-state index is 0.113. The number of nitrogens with zero attached hydrogens (tertiary/aromatic N) is 2. The van der Waals surface area contributed by atoms with Crippen molar-refractivity contribution in [2.75, 3.05) is 0 Å². The summed E-state index contributed by atoms with van der Waals surface area (Å²) < 4.78 is 0. The smallest absolute Gasteiger partial charge is 0.133 e. The normalized spacial score (nSPS) is 17.1. The standard InChI is InChI=1S/C12H18N2/c1-4-12(2,3)11-13-7-10(8-14-11)9-5-6-9/h7-9H,4-6H2,1-3H3. The molecule has 1 heterocycles.